The minimum atomic E-state index is -0.487. The number of benzene rings is 2. The Bertz CT molecular complexity index is 977. The molecule has 2 N–H and O–H groups in total. The van der Waals surface area contributed by atoms with Crippen LogP contribution in [-0.2, 0) is 9.59 Å². The summed E-state index contributed by atoms with van der Waals surface area (Å²) in [6, 6.07) is 15.8. The number of carbonyl (C=O) groups excluding carboxylic acids is 3. The summed E-state index contributed by atoms with van der Waals surface area (Å²) < 4.78 is 5.46. The summed E-state index contributed by atoms with van der Waals surface area (Å²) in [6.07, 6.45) is 4.95. The van der Waals surface area contributed by atoms with E-state index in [0.29, 0.717) is 35.9 Å². The smallest absolute Gasteiger partial charge is 0.257 e. The molecule has 0 radical (unpaired) electrons. The first kappa shape index (κ1) is 22.8. The zero-order valence-electron chi connectivity index (χ0n) is 19.0. The van der Waals surface area contributed by atoms with Gasteiger partial charge in [-0.3, -0.25) is 14.4 Å². The summed E-state index contributed by atoms with van der Waals surface area (Å²) >= 11 is 0. The van der Waals surface area contributed by atoms with Crippen LogP contribution in [0.1, 0.15) is 49.4 Å². The molecule has 2 fully saturated rings. The third-order valence-corrected chi connectivity index (χ3v) is 6.51. The summed E-state index contributed by atoms with van der Waals surface area (Å²) in [5.41, 5.74) is 1.25. The molecule has 0 bridgehead atoms. The lowest BCUT2D eigenvalue weighted by atomic mass is 9.84. The van der Waals surface area contributed by atoms with Crippen molar-refractivity contribution < 1.29 is 19.1 Å². The second-order valence-corrected chi connectivity index (χ2v) is 8.70. The molecule has 174 valence electrons. The van der Waals surface area contributed by atoms with Crippen LogP contribution in [0.25, 0.3) is 0 Å². The van der Waals surface area contributed by atoms with E-state index in [1.165, 1.54) is 0 Å². The standard InChI is InChI=1S/C26H31N3O4/c1-2-27-24(30)17-33-21-14-12-20(13-15-21)28-25(31)23-16-19-10-6-7-11-22(19)29(23)26(32)18-8-4-3-5-9-18/h3-5,8-9,12-15,19,22-23H,2,6-7,10-11,16-17H2,1H3,(H,27,30)(H,28,31). The van der Waals surface area contributed by atoms with Crippen LogP contribution in [0.3, 0.4) is 0 Å². The average molecular weight is 450 g/mol. The summed E-state index contributed by atoms with van der Waals surface area (Å²) in [4.78, 5) is 40.0. The van der Waals surface area contributed by atoms with E-state index < -0.39 is 6.04 Å². The molecule has 2 aromatic carbocycles. The third kappa shape index (κ3) is 5.35. The predicted molar refractivity (Wildman–Crippen MR) is 126 cm³/mol. The van der Waals surface area contributed by atoms with Crippen molar-refractivity contribution in [2.75, 3.05) is 18.5 Å². The largest absolute Gasteiger partial charge is 0.484 e. The van der Waals surface area contributed by atoms with E-state index in [4.69, 9.17) is 4.74 Å². The van der Waals surface area contributed by atoms with Crippen molar-refractivity contribution in [3.05, 3.63) is 60.2 Å². The van der Waals surface area contributed by atoms with E-state index in [0.717, 1.165) is 25.7 Å². The molecule has 2 aromatic rings. The minimum absolute atomic E-state index is 0.0546. The Morgan fingerprint density at radius 1 is 1.00 bits per heavy atom. The normalized spacial score (nSPS) is 21.7. The number of amides is 3. The Morgan fingerprint density at radius 2 is 1.73 bits per heavy atom. The SMILES string of the molecule is CCNC(=O)COc1ccc(NC(=O)C2CC3CCCCC3N2C(=O)c2ccccc2)cc1. The van der Waals surface area contributed by atoms with Crippen molar-refractivity contribution in [1.29, 1.82) is 0 Å². The van der Waals surface area contributed by atoms with Gasteiger partial charge in [0, 0.05) is 23.8 Å². The van der Waals surface area contributed by atoms with Gasteiger partial charge in [-0.1, -0.05) is 31.0 Å². The maximum absolute atomic E-state index is 13.4. The average Bonchev–Trinajstić information content (AvgIpc) is 3.24. The van der Waals surface area contributed by atoms with Crippen LogP contribution >= 0.6 is 0 Å². The maximum Gasteiger partial charge on any atom is 0.257 e. The topological polar surface area (TPSA) is 87.7 Å². The van der Waals surface area contributed by atoms with Crippen molar-refractivity contribution in [2.45, 2.75) is 51.1 Å². The van der Waals surface area contributed by atoms with Gasteiger partial charge in [-0.2, -0.15) is 0 Å². The molecule has 0 spiro atoms. The molecule has 3 atom stereocenters. The number of hydrogen-bond acceptors (Lipinski definition) is 4. The van der Waals surface area contributed by atoms with Crippen LogP contribution in [0, 0.1) is 5.92 Å². The molecule has 3 amide bonds. The molecule has 7 nitrogen and oxygen atoms in total. The number of likely N-dealkylation sites (tertiary alicyclic amines) is 1. The van der Waals surface area contributed by atoms with Crippen LogP contribution in [-0.4, -0.2) is 47.9 Å². The second kappa shape index (κ2) is 10.5. The van der Waals surface area contributed by atoms with Gasteiger partial charge in [0.05, 0.1) is 0 Å². The molecular weight excluding hydrogens is 418 g/mol. The Labute approximate surface area is 194 Å². The van der Waals surface area contributed by atoms with Crippen LogP contribution < -0.4 is 15.4 Å². The summed E-state index contributed by atoms with van der Waals surface area (Å²) in [7, 11) is 0. The number of fused-ring (bicyclic) bond motifs is 1. The zero-order chi connectivity index (χ0) is 23.2. The fraction of sp³-hybridized carbons (Fsp3) is 0.423. The molecule has 1 saturated heterocycles. The number of likely N-dealkylation sites (N-methyl/N-ethyl adjacent to an activating group) is 1. The van der Waals surface area contributed by atoms with Crippen LogP contribution in [0.15, 0.2) is 54.6 Å². The first-order valence-corrected chi connectivity index (χ1v) is 11.7. The van der Waals surface area contributed by atoms with E-state index in [9.17, 15) is 14.4 Å². The molecule has 4 rings (SSSR count). The number of anilines is 1. The van der Waals surface area contributed by atoms with Gasteiger partial charge in [-0.25, -0.2) is 0 Å². The van der Waals surface area contributed by atoms with Crippen LogP contribution in [0.2, 0.25) is 0 Å². The van der Waals surface area contributed by atoms with Crippen LogP contribution in [0.4, 0.5) is 5.69 Å². The molecule has 33 heavy (non-hydrogen) atoms. The number of rotatable bonds is 7. The van der Waals surface area contributed by atoms with E-state index in [1.54, 1.807) is 24.3 Å². The molecule has 1 aliphatic heterocycles. The molecule has 7 heteroatoms. The van der Waals surface area contributed by atoms with Crippen molar-refractivity contribution >= 4 is 23.4 Å². The lowest BCUT2D eigenvalue weighted by molar-refractivity contribution is -0.123. The third-order valence-electron chi connectivity index (χ3n) is 6.51. The fourth-order valence-corrected chi connectivity index (χ4v) is 4.97. The van der Waals surface area contributed by atoms with Gasteiger partial charge in [-0.15, -0.1) is 0 Å². The highest BCUT2D eigenvalue weighted by Gasteiger charge is 2.47. The fourth-order valence-electron chi connectivity index (χ4n) is 4.97. The second-order valence-electron chi connectivity index (χ2n) is 8.70. The van der Waals surface area contributed by atoms with Gasteiger partial charge in [0.25, 0.3) is 11.8 Å². The van der Waals surface area contributed by atoms with E-state index in [2.05, 4.69) is 10.6 Å². The summed E-state index contributed by atoms with van der Waals surface area (Å²) in [6.45, 7) is 2.35. The quantitative estimate of drug-likeness (QED) is 0.676. The first-order chi connectivity index (χ1) is 16.1. The van der Waals surface area contributed by atoms with Gasteiger partial charge >= 0.3 is 0 Å². The monoisotopic (exact) mass is 449 g/mol. The van der Waals surface area contributed by atoms with E-state index in [-0.39, 0.29) is 30.4 Å². The summed E-state index contributed by atoms with van der Waals surface area (Å²) in [5.74, 6) is 0.504. The predicted octanol–water partition coefficient (Wildman–Crippen LogP) is 3.61. The highest BCUT2D eigenvalue weighted by molar-refractivity contribution is 6.01. The first-order valence-electron chi connectivity index (χ1n) is 11.7. The van der Waals surface area contributed by atoms with Gasteiger partial charge in [0.15, 0.2) is 6.61 Å². The lowest BCUT2D eigenvalue weighted by Gasteiger charge is -2.33. The van der Waals surface area contributed by atoms with E-state index >= 15 is 0 Å². The van der Waals surface area contributed by atoms with Gasteiger partial charge in [0.1, 0.15) is 11.8 Å². The molecular formula is C26H31N3O4. The summed E-state index contributed by atoms with van der Waals surface area (Å²) in [5, 5.41) is 5.65. The Balaban J connectivity index is 1.44. The number of nitrogens with one attached hydrogen (secondary N) is 2. The van der Waals surface area contributed by atoms with Crippen molar-refractivity contribution in [3.63, 3.8) is 0 Å². The Hall–Kier alpha value is -3.35. The highest BCUT2D eigenvalue weighted by atomic mass is 16.5. The van der Waals surface area contributed by atoms with Gasteiger partial charge < -0.3 is 20.3 Å². The Morgan fingerprint density at radius 3 is 2.45 bits per heavy atom. The van der Waals surface area contributed by atoms with Gasteiger partial charge in [-0.05, 0) is 68.5 Å². The molecule has 1 aliphatic carbocycles. The van der Waals surface area contributed by atoms with Gasteiger partial charge in [0.2, 0.25) is 5.91 Å². The maximum atomic E-state index is 13.4. The molecule has 3 unspecified atom stereocenters. The number of ether oxygens (including phenoxy) is 1. The molecule has 1 heterocycles. The van der Waals surface area contributed by atoms with Crippen molar-refractivity contribution in [1.82, 2.24) is 10.2 Å². The highest BCUT2D eigenvalue weighted by Crippen LogP contribution is 2.40. The molecule has 2 aliphatic rings. The molecule has 1 saturated carbocycles. The number of carbonyl (C=O) groups is 3. The molecule has 0 aromatic heterocycles. The van der Waals surface area contributed by atoms with Crippen LogP contribution in [0.5, 0.6) is 5.75 Å². The van der Waals surface area contributed by atoms with Crippen molar-refractivity contribution in [3.8, 4) is 5.75 Å². The van der Waals surface area contributed by atoms with E-state index in [1.807, 2.05) is 42.2 Å². The zero-order valence-corrected chi connectivity index (χ0v) is 19.0. The number of hydrogen-bond donors (Lipinski definition) is 2. The Kier molecular flexibility index (Phi) is 7.27. The number of nitrogens with zero attached hydrogens (tertiary/aromatic N) is 1. The van der Waals surface area contributed by atoms with Crippen molar-refractivity contribution in [2.24, 2.45) is 5.92 Å². The lowest BCUT2D eigenvalue weighted by Crippen LogP contribution is -2.47. The minimum Gasteiger partial charge on any atom is -0.484 e.